The fourth-order valence-corrected chi connectivity index (χ4v) is 8.92. The summed E-state index contributed by atoms with van der Waals surface area (Å²) in [7, 11) is 1.45. The number of likely N-dealkylation sites (tertiary alicyclic amines) is 1. The van der Waals surface area contributed by atoms with Crippen molar-refractivity contribution in [3.8, 4) is 41.2 Å². The predicted molar refractivity (Wildman–Crippen MR) is 189 cm³/mol. The second kappa shape index (κ2) is 14.0. The SMILES string of the molecule is C#Cc1c(F)ccc2cc(O)cc(-c3nc(OC)c4c(N5CCCOCC5)nc(OC[C@]56CCC[C@H]5N(C[C@@H]5CCCO5)CCC6)nc4c3F)c12. The van der Waals surface area contributed by atoms with E-state index in [1.807, 2.05) is 4.90 Å². The molecular weight excluding hydrogens is 656 g/mol. The van der Waals surface area contributed by atoms with Crippen molar-refractivity contribution >= 4 is 27.5 Å². The van der Waals surface area contributed by atoms with E-state index in [4.69, 9.17) is 35.3 Å². The molecule has 1 aliphatic carbocycles. The average molecular weight is 700 g/mol. The zero-order chi connectivity index (χ0) is 35.1. The Bertz CT molecular complexity index is 1990. The van der Waals surface area contributed by atoms with E-state index in [9.17, 15) is 5.11 Å². The van der Waals surface area contributed by atoms with Gasteiger partial charge in [-0.05, 0) is 75.1 Å². The number of rotatable bonds is 8. The standard InChI is InChI=1S/C39H43F2N5O5/c1-3-27-29(40)11-10-24-20-25(47)21-28(31(24)27)34-33(41)35-32(37(42-34)48-2)36(45-15-7-17-49-19-16-45)44-38(43-35)51-23-39-12-4-9-30(39)46(14-6-13-39)22-26-8-5-18-50-26/h1,10-11,20-21,26,30,47H,4-9,12-19,22-23H2,2H3/t26-,30+,39+/m0/s1. The molecule has 12 heteroatoms. The lowest BCUT2D eigenvalue weighted by Crippen LogP contribution is -2.53. The number of phenols is 1. The first-order chi connectivity index (χ1) is 24.9. The van der Waals surface area contributed by atoms with Crippen LogP contribution in [0.2, 0.25) is 0 Å². The van der Waals surface area contributed by atoms with Crippen LogP contribution in [-0.2, 0) is 9.47 Å². The molecule has 1 N–H and O–H groups in total. The van der Waals surface area contributed by atoms with Gasteiger partial charge in [-0.15, -0.1) is 6.42 Å². The summed E-state index contributed by atoms with van der Waals surface area (Å²) in [5.74, 6) is 1.33. The van der Waals surface area contributed by atoms with E-state index >= 15 is 8.78 Å². The molecule has 4 fully saturated rings. The first kappa shape index (κ1) is 33.8. The predicted octanol–water partition coefficient (Wildman–Crippen LogP) is 6.24. The Balaban J connectivity index is 1.24. The topological polar surface area (TPSA) is 102 Å². The van der Waals surface area contributed by atoms with Crippen molar-refractivity contribution < 1.29 is 32.8 Å². The smallest absolute Gasteiger partial charge is 0.319 e. The molecule has 0 unspecified atom stereocenters. The molecule has 10 nitrogen and oxygen atoms in total. The van der Waals surface area contributed by atoms with Crippen LogP contribution in [0.1, 0.15) is 56.9 Å². The summed E-state index contributed by atoms with van der Waals surface area (Å²) in [6.45, 7) is 5.44. The van der Waals surface area contributed by atoms with Crippen molar-refractivity contribution in [1.29, 1.82) is 0 Å². The molecule has 3 atom stereocenters. The van der Waals surface area contributed by atoms with E-state index in [1.54, 1.807) is 0 Å². The van der Waals surface area contributed by atoms with Crippen molar-refractivity contribution in [2.45, 2.75) is 63.5 Å². The van der Waals surface area contributed by atoms with E-state index in [-0.39, 0.29) is 62.3 Å². The normalized spacial score (nSPS) is 24.1. The monoisotopic (exact) mass is 699 g/mol. The molecule has 8 rings (SSSR count). The van der Waals surface area contributed by atoms with Gasteiger partial charge >= 0.3 is 6.01 Å². The molecule has 3 aliphatic heterocycles. The molecule has 0 amide bonds. The van der Waals surface area contributed by atoms with Gasteiger partial charge in [0.25, 0.3) is 0 Å². The van der Waals surface area contributed by atoms with Crippen molar-refractivity contribution in [3.05, 3.63) is 41.5 Å². The van der Waals surface area contributed by atoms with Gasteiger partial charge in [0.1, 0.15) is 34.0 Å². The minimum Gasteiger partial charge on any atom is -0.508 e. The molecular formula is C39H43F2N5O5. The first-order valence-corrected chi connectivity index (χ1v) is 18.1. The molecule has 5 heterocycles. The highest BCUT2D eigenvalue weighted by Crippen LogP contribution is 2.49. The first-order valence-electron chi connectivity index (χ1n) is 18.1. The van der Waals surface area contributed by atoms with Crippen LogP contribution in [0.25, 0.3) is 32.9 Å². The number of halogens is 2. The number of benzene rings is 2. The number of terminal acetylenes is 1. The van der Waals surface area contributed by atoms with Gasteiger partial charge in [-0.3, -0.25) is 4.90 Å². The highest BCUT2D eigenvalue weighted by atomic mass is 19.1. The minimum absolute atomic E-state index is 0.0544. The van der Waals surface area contributed by atoms with Crippen molar-refractivity contribution in [2.24, 2.45) is 5.41 Å². The van der Waals surface area contributed by atoms with Gasteiger partial charge in [-0.1, -0.05) is 18.4 Å². The molecule has 0 spiro atoms. The molecule has 0 bridgehead atoms. The van der Waals surface area contributed by atoms with Gasteiger partial charge in [-0.25, -0.2) is 13.8 Å². The fourth-order valence-electron chi connectivity index (χ4n) is 8.92. The van der Waals surface area contributed by atoms with E-state index in [1.165, 1.54) is 31.4 Å². The third kappa shape index (κ3) is 6.19. The molecule has 4 aliphatic rings. The Labute approximate surface area is 296 Å². The van der Waals surface area contributed by atoms with Crippen molar-refractivity contribution in [3.63, 3.8) is 0 Å². The molecule has 268 valence electrons. The maximum Gasteiger partial charge on any atom is 0.319 e. The summed E-state index contributed by atoms with van der Waals surface area (Å²) in [6.07, 6.45) is 14.4. The number of aromatic hydroxyl groups is 1. The number of ether oxygens (including phenoxy) is 4. The van der Waals surface area contributed by atoms with Crippen molar-refractivity contribution in [2.75, 3.05) is 64.6 Å². The number of piperidine rings is 1. The van der Waals surface area contributed by atoms with Crippen LogP contribution in [0.4, 0.5) is 14.6 Å². The number of nitrogens with zero attached hydrogens (tertiary/aromatic N) is 5. The van der Waals surface area contributed by atoms with Crippen LogP contribution >= 0.6 is 0 Å². The number of methoxy groups -OCH3 is 1. The number of fused-ring (bicyclic) bond motifs is 3. The zero-order valence-electron chi connectivity index (χ0n) is 28.9. The summed E-state index contributed by atoms with van der Waals surface area (Å²) in [4.78, 5) is 18.9. The van der Waals surface area contributed by atoms with Gasteiger partial charge < -0.3 is 29.0 Å². The van der Waals surface area contributed by atoms with E-state index < -0.39 is 11.6 Å². The molecule has 3 saturated heterocycles. The summed E-state index contributed by atoms with van der Waals surface area (Å²) in [6, 6.07) is 5.93. The Kier molecular flexibility index (Phi) is 9.29. The highest BCUT2D eigenvalue weighted by Gasteiger charge is 2.49. The maximum atomic E-state index is 17.2. The molecule has 2 aromatic carbocycles. The number of pyridine rings is 1. The molecule has 4 aromatic rings. The number of phenolic OH excluding ortho intramolecular Hbond substituents is 1. The van der Waals surface area contributed by atoms with Gasteiger partial charge in [0.15, 0.2) is 5.82 Å². The summed E-state index contributed by atoms with van der Waals surface area (Å²) >= 11 is 0. The van der Waals surface area contributed by atoms with Crippen LogP contribution < -0.4 is 14.4 Å². The largest absolute Gasteiger partial charge is 0.508 e. The number of hydrogen-bond acceptors (Lipinski definition) is 10. The zero-order valence-corrected chi connectivity index (χ0v) is 28.9. The van der Waals surface area contributed by atoms with E-state index in [0.717, 1.165) is 71.1 Å². The van der Waals surface area contributed by atoms with Crippen LogP contribution in [0.3, 0.4) is 0 Å². The number of anilines is 1. The number of aromatic nitrogens is 3. The Morgan fingerprint density at radius 3 is 2.71 bits per heavy atom. The lowest BCUT2D eigenvalue weighted by molar-refractivity contribution is -0.0252. The average Bonchev–Trinajstić information content (AvgIpc) is 3.74. The quantitative estimate of drug-likeness (QED) is 0.213. The summed E-state index contributed by atoms with van der Waals surface area (Å²) in [5.41, 5.74) is -0.264. The summed E-state index contributed by atoms with van der Waals surface area (Å²) < 4.78 is 56.3. The van der Waals surface area contributed by atoms with E-state index in [2.05, 4.69) is 15.8 Å². The summed E-state index contributed by atoms with van der Waals surface area (Å²) in [5, 5.41) is 11.7. The van der Waals surface area contributed by atoms with Gasteiger partial charge in [0.2, 0.25) is 5.88 Å². The molecule has 2 aromatic heterocycles. The Morgan fingerprint density at radius 2 is 1.88 bits per heavy atom. The Morgan fingerprint density at radius 1 is 1.00 bits per heavy atom. The third-order valence-corrected chi connectivity index (χ3v) is 11.2. The third-order valence-electron chi connectivity index (χ3n) is 11.2. The Hall–Kier alpha value is -4.31. The molecule has 1 saturated carbocycles. The lowest BCUT2D eigenvalue weighted by atomic mass is 9.75. The second-order valence-electron chi connectivity index (χ2n) is 14.2. The van der Waals surface area contributed by atoms with E-state index in [0.29, 0.717) is 50.2 Å². The van der Waals surface area contributed by atoms with Gasteiger partial charge in [0, 0.05) is 55.3 Å². The molecule has 0 radical (unpaired) electrons. The van der Waals surface area contributed by atoms with Crippen LogP contribution in [0.15, 0.2) is 24.3 Å². The minimum atomic E-state index is -0.790. The van der Waals surface area contributed by atoms with Crippen LogP contribution in [0.5, 0.6) is 17.6 Å². The fraction of sp³-hybridized carbons (Fsp3) is 0.513. The lowest BCUT2D eigenvalue weighted by Gasteiger charge is -2.46. The van der Waals surface area contributed by atoms with Gasteiger partial charge in [0.05, 0.1) is 32.0 Å². The van der Waals surface area contributed by atoms with Crippen LogP contribution in [-0.4, -0.2) is 96.8 Å². The number of hydrogen-bond donors (Lipinski definition) is 1. The maximum absolute atomic E-state index is 17.2. The highest BCUT2D eigenvalue weighted by molar-refractivity contribution is 6.04. The molecule has 51 heavy (non-hydrogen) atoms. The van der Waals surface area contributed by atoms with Crippen molar-refractivity contribution in [1.82, 2.24) is 19.9 Å². The second-order valence-corrected chi connectivity index (χ2v) is 14.2. The van der Waals surface area contributed by atoms with Gasteiger partial charge in [-0.2, -0.15) is 9.97 Å². The van der Waals surface area contributed by atoms with Crippen LogP contribution in [0, 0.1) is 29.4 Å².